The number of amides is 4. The maximum Gasteiger partial charge on any atom is 0.324 e. The van der Waals surface area contributed by atoms with E-state index in [0.717, 1.165) is 47.2 Å². The van der Waals surface area contributed by atoms with E-state index < -0.39 is 35.4 Å². The van der Waals surface area contributed by atoms with Gasteiger partial charge < -0.3 is 29.3 Å². The van der Waals surface area contributed by atoms with Crippen LogP contribution >= 0.6 is 11.3 Å². The number of rotatable bonds is 8. The summed E-state index contributed by atoms with van der Waals surface area (Å²) in [7, 11) is 5.64. The van der Waals surface area contributed by atoms with E-state index in [1.165, 1.54) is 50.9 Å². The molecule has 0 spiro atoms. The van der Waals surface area contributed by atoms with Crippen LogP contribution in [0.25, 0.3) is 33.4 Å². The van der Waals surface area contributed by atoms with Crippen molar-refractivity contribution in [3.63, 3.8) is 0 Å². The van der Waals surface area contributed by atoms with Crippen molar-refractivity contribution in [2.24, 2.45) is 11.3 Å². The Morgan fingerprint density at radius 3 is 2.54 bits per heavy atom. The molecular formula is C48H65N9O5S. The normalized spacial score (nSPS) is 21.7. The van der Waals surface area contributed by atoms with E-state index in [2.05, 4.69) is 65.2 Å². The molecule has 3 fully saturated rings. The first-order valence-electron chi connectivity index (χ1n) is 22.9. The summed E-state index contributed by atoms with van der Waals surface area (Å²) in [6, 6.07) is 8.28. The van der Waals surface area contributed by atoms with Crippen LogP contribution in [-0.4, -0.2) is 130 Å². The fourth-order valence-corrected chi connectivity index (χ4v) is 11.0. The van der Waals surface area contributed by atoms with Crippen molar-refractivity contribution in [2.45, 2.75) is 123 Å². The first-order valence-corrected chi connectivity index (χ1v) is 23.8. The Morgan fingerprint density at radius 2 is 1.83 bits per heavy atom. The molecule has 63 heavy (non-hydrogen) atoms. The minimum absolute atomic E-state index is 0.130. The Morgan fingerprint density at radius 1 is 1.06 bits per heavy atom. The molecule has 338 valence electrons. The zero-order valence-corrected chi connectivity index (χ0v) is 39.1. The van der Waals surface area contributed by atoms with E-state index in [4.69, 9.17) is 14.7 Å². The van der Waals surface area contributed by atoms with Crippen LogP contribution in [0.2, 0.25) is 0 Å². The molecule has 3 aromatic heterocycles. The number of esters is 1. The number of likely N-dealkylation sites (N-methyl/N-ethyl adjacent to an activating group) is 2. The molecule has 1 aromatic carbocycles. The number of ether oxygens (including phenoxy) is 1. The van der Waals surface area contributed by atoms with Gasteiger partial charge in [-0.1, -0.05) is 46.6 Å². The van der Waals surface area contributed by atoms with E-state index >= 15 is 0 Å². The van der Waals surface area contributed by atoms with Crippen LogP contribution in [0.1, 0.15) is 95.3 Å². The highest BCUT2D eigenvalue weighted by Gasteiger charge is 2.41. The van der Waals surface area contributed by atoms with Crippen molar-refractivity contribution in [2.75, 3.05) is 47.4 Å². The predicted octanol–water partition coefficient (Wildman–Crippen LogP) is 6.47. The smallest absolute Gasteiger partial charge is 0.324 e. The molecule has 14 nitrogen and oxygen atoms in total. The summed E-state index contributed by atoms with van der Waals surface area (Å²) in [6.07, 6.45) is 8.49. The quantitative estimate of drug-likeness (QED) is 0.190. The van der Waals surface area contributed by atoms with Gasteiger partial charge in [0.1, 0.15) is 18.1 Å². The van der Waals surface area contributed by atoms with Gasteiger partial charge in [-0.2, -0.15) is 0 Å². The van der Waals surface area contributed by atoms with Crippen LogP contribution in [-0.2, 0) is 38.5 Å². The lowest BCUT2D eigenvalue weighted by Crippen LogP contribution is -2.65. The number of aryl methyl sites for hydroxylation is 1. The van der Waals surface area contributed by atoms with Gasteiger partial charge in [-0.25, -0.2) is 15.2 Å². The minimum atomic E-state index is -1.02. The van der Waals surface area contributed by atoms with Crippen molar-refractivity contribution in [1.29, 1.82) is 0 Å². The molecule has 2 N–H and O–H groups in total. The number of benzene rings is 1. The number of cyclic esters (lactones) is 1. The molecule has 6 heterocycles. The lowest BCUT2D eigenvalue weighted by molar-refractivity contribution is -0.155. The Kier molecular flexibility index (Phi) is 13.0. The van der Waals surface area contributed by atoms with Gasteiger partial charge in [0.15, 0.2) is 0 Å². The number of hydrogen-bond acceptors (Lipinski definition) is 10. The summed E-state index contributed by atoms with van der Waals surface area (Å²) in [5, 5.41) is 8.35. The average molecular weight is 880 g/mol. The number of hydrazine groups is 1. The number of likely N-dealkylation sites (tertiary alicyclic amines) is 1. The highest BCUT2D eigenvalue weighted by atomic mass is 32.1. The topological polar surface area (TPSA) is 145 Å². The third kappa shape index (κ3) is 9.10. The molecule has 0 unspecified atom stereocenters. The van der Waals surface area contributed by atoms with Crippen molar-refractivity contribution in [3.05, 3.63) is 58.2 Å². The van der Waals surface area contributed by atoms with Crippen molar-refractivity contribution < 1.29 is 23.9 Å². The van der Waals surface area contributed by atoms with E-state index in [9.17, 15) is 19.2 Å². The molecule has 2 saturated heterocycles. The number of carbonyl (C=O) groups is 4. The number of carbonyl (C=O) groups excluding carboxylic acids is 4. The molecule has 0 radical (unpaired) electrons. The first-order chi connectivity index (χ1) is 30.1. The van der Waals surface area contributed by atoms with Crippen LogP contribution in [0, 0.1) is 11.3 Å². The zero-order valence-electron chi connectivity index (χ0n) is 38.3. The maximum absolute atomic E-state index is 14.6. The first kappa shape index (κ1) is 44.7. The number of nitrogens with one attached hydrogen (secondary N) is 2. The third-order valence-corrected chi connectivity index (χ3v) is 14.5. The van der Waals surface area contributed by atoms with Crippen molar-refractivity contribution in [3.8, 4) is 22.5 Å². The van der Waals surface area contributed by atoms with Gasteiger partial charge in [-0.3, -0.25) is 24.4 Å². The Bertz CT molecular complexity index is 2340. The fourth-order valence-electron chi connectivity index (χ4n) is 10.1. The molecule has 1 saturated carbocycles. The predicted molar refractivity (Wildman–Crippen MR) is 246 cm³/mol. The largest absolute Gasteiger partial charge is 0.464 e. The highest BCUT2D eigenvalue weighted by Crippen LogP contribution is 2.44. The summed E-state index contributed by atoms with van der Waals surface area (Å²) in [5.74, 6) is -1.03. The Labute approximate surface area is 375 Å². The Balaban J connectivity index is 1.17. The molecule has 3 atom stereocenters. The second-order valence-corrected chi connectivity index (χ2v) is 20.4. The standard InChI is InChI=1S/C48H65N9O5S/c1-9-56-39-19-18-31-22-34(39)35(43(56)33-16-12-20-49-41(33)30-14-10-11-15-30)24-48(4,5)28-62-46(60)36-17-13-21-57(52-36)45(59)37(23-40-50-38(31)27-63-40)51-44(58)42(29(2)3)54(8)47(61)55-25-32(26-55)53(6)7/h12,16,18-20,22,27,29-30,32,36-37,42,52H,9-11,13-15,17,21,23-26,28H2,1-8H3,(H,51,58)/t36-,37-,42-/m0/s1. The number of fused-ring (bicyclic) bond motifs is 6. The molecule has 6 bridgehead atoms. The van der Waals surface area contributed by atoms with Crippen LogP contribution in [0.3, 0.4) is 0 Å². The summed E-state index contributed by atoms with van der Waals surface area (Å²) < 4.78 is 8.57. The van der Waals surface area contributed by atoms with Gasteiger partial charge in [-0.05, 0) is 88.9 Å². The number of nitrogens with zero attached hydrogens (tertiary/aromatic N) is 7. The van der Waals surface area contributed by atoms with E-state index in [1.54, 1.807) is 11.9 Å². The molecule has 4 aromatic rings. The van der Waals surface area contributed by atoms with Crippen LogP contribution in [0.5, 0.6) is 0 Å². The van der Waals surface area contributed by atoms with E-state index in [1.807, 2.05) is 45.6 Å². The second kappa shape index (κ2) is 18.3. The average Bonchev–Trinajstić information content (AvgIpc) is 4.01. The van der Waals surface area contributed by atoms with Gasteiger partial charge >= 0.3 is 12.0 Å². The molecule has 15 heteroatoms. The monoisotopic (exact) mass is 879 g/mol. The summed E-state index contributed by atoms with van der Waals surface area (Å²) in [5.41, 5.74) is 10.3. The third-order valence-electron chi connectivity index (χ3n) is 13.6. The van der Waals surface area contributed by atoms with Crippen LogP contribution in [0.4, 0.5) is 4.79 Å². The van der Waals surface area contributed by atoms with Crippen LogP contribution in [0.15, 0.2) is 41.9 Å². The van der Waals surface area contributed by atoms with Gasteiger partial charge in [0.2, 0.25) is 5.91 Å². The number of thiazole rings is 1. The molecule has 4 amide bonds. The van der Waals surface area contributed by atoms with Gasteiger partial charge in [0, 0.05) is 90.6 Å². The number of hydrogen-bond donors (Lipinski definition) is 2. The highest BCUT2D eigenvalue weighted by molar-refractivity contribution is 7.10. The van der Waals surface area contributed by atoms with Gasteiger partial charge in [0.25, 0.3) is 5.91 Å². The minimum Gasteiger partial charge on any atom is -0.464 e. The number of pyridine rings is 1. The SMILES string of the molecule is CCn1c(-c2cccnc2C2CCCC2)c2c3cc(ccc31)-c1csc(n1)C[C@H](NC(=O)[C@H](C(C)C)N(C)C(=O)N1CC(N(C)C)C1)C(=O)N1CCC[C@H](N1)C(=O)OCC(C)(C)C2. The van der Waals surface area contributed by atoms with Crippen LogP contribution < -0.4 is 10.7 Å². The molecule has 4 aliphatic rings. The lowest BCUT2D eigenvalue weighted by atomic mass is 9.83. The number of aromatic nitrogens is 3. The number of urea groups is 1. The lowest BCUT2D eigenvalue weighted by Gasteiger charge is -2.45. The van der Waals surface area contributed by atoms with Crippen molar-refractivity contribution in [1.82, 2.24) is 45.0 Å². The maximum atomic E-state index is 14.6. The molecular weight excluding hydrogens is 815 g/mol. The fraction of sp³-hybridized carbons (Fsp3) is 0.583. The van der Waals surface area contributed by atoms with Crippen molar-refractivity contribution >= 4 is 46.1 Å². The summed E-state index contributed by atoms with van der Waals surface area (Å²) in [6.45, 7) is 12.8. The second-order valence-electron chi connectivity index (χ2n) is 19.5. The zero-order chi connectivity index (χ0) is 44.7. The van der Waals surface area contributed by atoms with Gasteiger partial charge in [-0.15, -0.1) is 11.3 Å². The summed E-state index contributed by atoms with van der Waals surface area (Å²) in [4.78, 5) is 71.9. The summed E-state index contributed by atoms with van der Waals surface area (Å²) >= 11 is 1.45. The van der Waals surface area contributed by atoms with E-state index in [-0.39, 0.29) is 36.9 Å². The van der Waals surface area contributed by atoms with Gasteiger partial charge in [0.05, 0.1) is 28.7 Å². The Hall–Kier alpha value is -4.86. The molecule has 8 rings (SSSR count). The van der Waals surface area contributed by atoms with E-state index in [0.29, 0.717) is 49.8 Å². The molecule has 1 aliphatic carbocycles. The molecule has 3 aliphatic heterocycles.